The summed E-state index contributed by atoms with van der Waals surface area (Å²) >= 11 is 0. The molecule has 3 rings (SSSR count). The number of carbonyl (C=O) groups excluding carboxylic acids is 1. The van der Waals surface area contributed by atoms with Gasteiger partial charge in [0.15, 0.2) is 0 Å². The van der Waals surface area contributed by atoms with Gasteiger partial charge in [-0.1, -0.05) is 30.3 Å². The van der Waals surface area contributed by atoms with E-state index >= 15 is 0 Å². The van der Waals surface area contributed by atoms with Crippen LogP contribution in [0.2, 0.25) is 0 Å². The van der Waals surface area contributed by atoms with Gasteiger partial charge in [-0.05, 0) is 38.5 Å². The highest BCUT2D eigenvalue weighted by Gasteiger charge is 2.25. The molecule has 24 heavy (non-hydrogen) atoms. The van der Waals surface area contributed by atoms with Gasteiger partial charge < -0.3 is 15.0 Å². The van der Waals surface area contributed by atoms with Crippen LogP contribution in [-0.2, 0) is 16.1 Å². The maximum atomic E-state index is 12.3. The quantitative estimate of drug-likeness (QED) is 0.888. The lowest BCUT2D eigenvalue weighted by molar-refractivity contribution is -0.127. The molecule has 2 heterocycles. The zero-order valence-electron chi connectivity index (χ0n) is 14.6. The average Bonchev–Trinajstić information content (AvgIpc) is 2.58. The molecule has 1 atom stereocenters. The summed E-state index contributed by atoms with van der Waals surface area (Å²) in [6.45, 7) is 5.53. The third kappa shape index (κ3) is 5.30. The van der Waals surface area contributed by atoms with Crippen molar-refractivity contribution in [1.82, 2.24) is 15.1 Å². The lowest BCUT2D eigenvalue weighted by Gasteiger charge is -2.33. The van der Waals surface area contributed by atoms with Gasteiger partial charge in [0.1, 0.15) is 0 Å². The SMILES string of the molecule is CN1CCC(NC(=O)C[C@H]2CN(Cc3ccccc3)CCO2)CC1. The van der Waals surface area contributed by atoms with Crippen molar-refractivity contribution in [2.24, 2.45) is 0 Å². The van der Waals surface area contributed by atoms with E-state index in [1.165, 1.54) is 5.56 Å². The number of carbonyl (C=O) groups is 1. The predicted octanol–water partition coefficient (Wildman–Crippen LogP) is 1.49. The van der Waals surface area contributed by atoms with Crippen molar-refractivity contribution in [1.29, 1.82) is 0 Å². The van der Waals surface area contributed by atoms with Gasteiger partial charge in [0.25, 0.3) is 0 Å². The van der Waals surface area contributed by atoms with Gasteiger partial charge in [-0.3, -0.25) is 9.69 Å². The van der Waals surface area contributed by atoms with Crippen LogP contribution in [0.4, 0.5) is 0 Å². The first-order valence-corrected chi connectivity index (χ1v) is 9.05. The molecule has 1 N–H and O–H groups in total. The van der Waals surface area contributed by atoms with Crippen molar-refractivity contribution in [2.45, 2.75) is 38.0 Å². The van der Waals surface area contributed by atoms with Crippen LogP contribution < -0.4 is 5.32 Å². The van der Waals surface area contributed by atoms with Crippen LogP contribution in [-0.4, -0.2) is 67.7 Å². The topological polar surface area (TPSA) is 44.8 Å². The van der Waals surface area contributed by atoms with E-state index in [1.807, 2.05) is 6.07 Å². The molecule has 1 amide bonds. The van der Waals surface area contributed by atoms with Crippen molar-refractivity contribution in [3.63, 3.8) is 0 Å². The van der Waals surface area contributed by atoms with Crippen molar-refractivity contribution in [2.75, 3.05) is 39.8 Å². The second kappa shape index (κ2) is 8.60. The van der Waals surface area contributed by atoms with E-state index in [4.69, 9.17) is 4.74 Å². The Kier molecular flexibility index (Phi) is 6.24. The second-order valence-electron chi connectivity index (χ2n) is 7.06. The summed E-state index contributed by atoms with van der Waals surface area (Å²) < 4.78 is 5.81. The first-order valence-electron chi connectivity index (χ1n) is 9.05. The lowest BCUT2D eigenvalue weighted by Crippen LogP contribution is -2.47. The monoisotopic (exact) mass is 331 g/mol. The molecule has 0 spiro atoms. The molecule has 132 valence electrons. The Morgan fingerprint density at radius 2 is 1.96 bits per heavy atom. The first kappa shape index (κ1) is 17.4. The van der Waals surface area contributed by atoms with E-state index in [2.05, 4.69) is 46.4 Å². The predicted molar refractivity (Wildman–Crippen MR) is 94.7 cm³/mol. The third-order valence-corrected chi connectivity index (χ3v) is 4.97. The maximum absolute atomic E-state index is 12.3. The second-order valence-corrected chi connectivity index (χ2v) is 7.06. The Hall–Kier alpha value is -1.43. The van der Waals surface area contributed by atoms with E-state index in [1.54, 1.807) is 0 Å². The van der Waals surface area contributed by atoms with Crippen LogP contribution in [0.15, 0.2) is 30.3 Å². The van der Waals surface area contributed by atoms with E-state index in [-0.39, 0.29) is 12.0 Å². The van der Waals surface area contributed by atoms with E-state index < -0.39 is 0 Å². The summed E-state index contributed by atoms with van der Waals surface area (Å²) in [6, 6.07) is 10.8. The number of rotatable bonds is 5. The largest absolute Gasteiger partial charge is 0.375 e. The molecule has 5 nitrogen and oxygen atoms in total. The Morgan fingerprint density at radius 1 is 1.21 bits per heavy atom. The Labute approximate surface area is 145 Å². The number of ether oxygens (including phenoxy) is 1. The number of benzene rings is 1. The minimum absolute atomic E-state index is 0.00808. The van der Waals surface area contributed by atoms with Crippen LogP contribution >= 0.6 is 0 Å². The van der Waals surface area contributed by atoms with E-state index in [0.29, 0.717) is 19.1 Å². The highest BCUT2D eigenvalue weighted by Crippen LogP contribution is 2.14. The van der Waals surface area contributed by atoms with Gasteiger partial charge in [0.2, 0.25) is 5.91 Å². The van der Waals surface area contributed by atoms with Crippen molar-refractivity contribution < 1.29 is 9.53 Å². The molecule has 2 aliphatic heterocycles. The van der Waals surface area contributed by atoms with Gasteiger partial charge in [-0.2, -0.15) is 0 Å². The number of piperidine rings is 1. The molecular weight excluding hydrogens is 302 g/mol. The molecule has 2 fully saturated rings. The van der Waals surface area contributed by atoms with Gasteiger partial charge in [0, 0.05) is 25.7 Å². The maximum Gasteiger partial charge on any atom is 0.222 e. The van der Waals surface area contributed by atoms with Gasteiger partial charge in [0.05, 0.1) is 19.1 Å². The van der Waals surface area contributed by atoms with Gasteiger partial charge in [-0.25, -0.2) is 0 Å². The van der Waals surface area contributed by atoms with Gasteiger partial charge >= 0.3 is 0 Å². The summed E-state index contributed by atoms with van der Waals surface area (Å²) in [6.07, 6.45) is 2.58. The summed E-state index contributed by atoms with van der Waals surface area (Å²) in [4.78, 5) is 17.0. The molecule has 5 heteroatoms. The summed E-state index contributed by atoms with van der Waals surface area (Å²) in [7, 11) is 2.13. The molecule has 0 aromatic heterocycles. The van der Waals surface area contributed by atoms with Crippen molar-refractivity contribution in [3.05, 3.63) is 35.9 Å². The van der Waals surface area contributed by atoms with E-state index in [0.717, 1.165) is 45.6 Å². The zero-order valence-corrected chi connectivity index (χ0v) is 14.6. The molecule has 2 aliphatic rings. The van der Waals surface area contributed by atoms with Crippen LogP contribution in [0.1, 0.15) is 24.8 Å². The van der Waals surface area contributed by atoms with Crippen LogP contribution in [0.5, 0.6) is 0 Å². The lowest BCUT2D eigenvalue weighted by atomic mass is 10.0. The number of hydrogen-bond donors (Lipinski definition) is 1. The fourth-order valence-electron chi connectivity index (χ4n) is 3.54. The zero-order chi connectivity index (χ0) is 16.8. The Bertz CT molecular complexity index is 515. The Morgan fingerprint density at radius 3 is 2.71 bits per heavy atom. The van der Waals surface area contributed by atoms with Gasteiger partial charge in [-0.15, -0.1) is 0 Å². The Balaban J connectivity index is 1.42. The first-order chi connectivity index (χ1) is 11.7. The van der Waals surface area contributed by atoms with Crippen LogP contribution in [0, 0.1) is 0 Å². The smallest absolute Gasteiger partial charge is 0.222 e. The number of nitrogens with one attached hydrogen (secondary N) is 1. The van der Waals surface area contributed by atoms with Crippen molar-refractivity contribution in [3.8, 4) is 0 Å². The summed E-state index contributed by atoms with van der Waals surface area (Å²) in [5.41, 5.74) is 1.31. The number of likely N-dealkylation sites (tertiary alicyclic amines) is 1. The molecule has 1 aromatic rings. The molecule has 0 unspecified atom stereocenters. The minimum Gasteiger partial charge on any atom is -0.375 e. The molecule has 0 bridgehead atoms. The van der Waals surface area contributed by atoms with E-state index in [9.17, 15) is 4.79 Å². The standard InChI is InChI=1S/C19H29N3O2/c1-21-9-7-17(8-10-21)20-19(23)13-18-15-22(11-12-24-18)14-16-5-3-2-4-6-16/h2-6,17-18H,7-15H2,1H3,(H,20,23)/t18-/m0/s1. The normalized spacial score (nSPS) is 24.0. The molecule has 0 saturated carbocycles. The van der Waals surface area contributed by atoms with Crippen molar-refractivity contribution >= 4 is 5.91 Å². The fourth-order valence-corrected chi connectivity index (χ4v) is 3.54. The number of amides is 1. The van der Waals surface area contributed by atoms with Crippen LogP contribution in [0.3, 0.4) is 0 Å². The molecule has 1 aromatic carbocycles. The summed E-state index contributed by atoms with van der Waals surface area (Å²) in [5, 5.41) is 3.19. The number of nitrogens with zero attached hydrogens (tertiary/aromatic N) is 2. The molecule has 0 aliphatic carbocycles. The number of morpholine rings is 1. The minimum atomic E-state index is 0.00808. The third-order valence-electron chi connectivity index (χ3n) is 4.97. The average molecular weight is 331 g/mol. The molecule has 2 saturated heterocycles. The highest BCUT2D eigenvalue weighted by molar-refractivity contribution is 5.76. The summed E-state index contributed by atoms with van der Waals surface area (Å²) in [5.74, 6) is 0.135. The van der Waals surface area contributed by atoms with Crippen LogP contribution in [0.25, 0.3) is 0 Å². The fraction of sp³-hybridized carbons (Fsp3) is 0.632. The number of hydrogen-bond acceptors (Lipinski definition) is 4. The highest BCUT2D eigenvalue weighted by atomic mass is 16.5. The molecule has 0 radical (unpaired) electrons. The molecular formula is C19H29N3O2.